The average molecular weight is 174 g/mol. The first-order valence-corrected chi connectivity index (χ1v) is 8.08. The van der Waals surface area contributed by atoms with Crippen LogP contribution in [0.1, 0.15) is 33.1 Å². The summed E-state index contributed by atoms with van der Waals surface area (Å²) in [5.41, 5.74) is 0. The largest absolute Gasteiger partial charge is 0.415 e. The van der Waals surface area contributed by atoms with Gasteiger partial charge in [-0.05, 0) is 32.5 Å². The third-order valence-electron chi connectivity index (χ3n) is 1.59. The Kier molecular flexibility index (Phi) is 5.02. The highest BCUT2D eigenvalue weighted by Gasteiger charge is 2.18. The first-order valence-electron chi connectivity index (χ1n) is 4.67. The Morgan fingerprint density at radius 2 is 1.73 bits per heavy atom. The van der Waals surface area contributed by atoms with Gasteiger partial charge in [-0.2, -0.15) is 0 Å². The molecule has 0 saturated carbocycles. The Bertz CT molecular complexity index is 96.2. The fourth-order valence-electron chi connectivity index (χ4n) is 1.17. The van der Waals surface area contributed by atoms with Gasteiger partial charge in [0, 0.05) is 6.10 Å². The minimum absolute atomic E-state index is 0.520. The van der Waals surface area contributed by atoms with Crippen LogP contribution in [0.15, 0.2) is 0 Å². The second-order valence-electron chi connectivity index (χ2n) is 4.05. The molecule has 0 aromatic rings. The van der Waals surface area contributed by atoms with Gasteiger partial charge in [0.2, 0.25) is 0 Å². The van der Waals surface area contributed by atoms with Crippen LogP contribution in [0.4, 0.5) is 0 Å². The highest BCUT2D eigenvalue weighted by atomic mass is 28.4. The Morgan fingerprint density at radius 1 is 1.18 bits per heavy atom. The van der Waals surface area contributed by atoms with Crippen molar-refractivity contribution in [3.05, 3.63) is 0 Å². The molecule has 0 aliphatic rings. The monoisotopic (exact) mass is 174 g/mol. The SMILES string of the molecule is CCCC(CC)O[Si](C)(C)C. The van der Waals surface area contributed by atoms with Crippen LogP contribution in [0, 0.1) is 0 Å². The summed E-state index contributed by atoms with van der Waals surface area (Å²) in [5.74, 6) is 0. The van der Waals surface area contributed by atoms with Crippen molar-refractivity contribution >= 4 is 8.32 Å². The Morgan fingerprint density at radius 3 is 2.00 bits per heavy atom. The highest BCUT2D eigenvalue weighted by molar-refractivity contribution is 6.69. The van der Waals surface area contributed by atoms with Gasteiger partial charge in [0.25, 0.3) is 0 Å². The molecule has 1 atom stereocenters. The van der Waals surface area contributed by atoms with E-state index in [9.17, 15) is 0 Å². The molecule has 0 spiro atoms. The zero-order valence-corrected chi connectivity index (χ0v) is 9.61. The molecule has 0 aromatic heterocycles. The molecule has 2 heteroatoms. The molecule has 1 nitrogen and oxygen atoms in total. The molecule has 0 rings (SSSR count). The lowest BCUT2D eigenvalue weighted by Crippen LogP contribution is -2.31. The lowest BCUT2D eigenvalue weighted by Gasteiger charge is -2.25. The summed E-state index contributed by atoms with van der Waals surface area (Å²) in [7, 11) is -1.28. The van der Waals surface area contributed by atoms with E-state index in [-0.39, 0.29) is 0 Å². The van der Waals surface area contributed by atoms with Crippen molar-refractivity contribution in [1.29, 1.82) is 0 Å². The summed E-state index contributed by atoms with van der Waals surface area (Å²) in [4.78, 5) is 0. The van der Waals surface area contributed by atoms with Crippen molar-refractivity contribution in [3.8, 4) is 0 Å². The zero-order chi connectivity index (χ0) is 8.91. The van der Waals surface area contributed by atoms with E-state index >= 15 is 0 Å². The third kappa shape index (κ3) is 6.57. The summed E-state index contributed by atoms with van der Waals surface area (Å²) in [6.45, 7) is 11.2. The normalized spacial score (nSPS) is 15.0. The molecule has 0 aliphatic heterocycles. The van der Waals surface area contributed by atoms with Gasteiger partial charge in [0.05, 0.1) is 0 Å². The lowest BCUT2D eigenvalue weighted by molar-refractivity contribution is 0.178. The number of hydrogen-bond acceptors (Lipinski definition) is 1. The number of hydrogen-bond donors (Lipinski definition) is 0. The maximum absolute atomic E-state index is 5.97. The molecular weight excluding hydrogens is 152 g/mol. The van der Waals surface area contributed by atoms with Crippen LogP contribution in [0.3, 0.4) is 0 Å². The Balaban J connectivity index is 3.68. The van der Waals surface area contributed by atoms with E-state index in [1.165, 1.54) is 12.8 Å². The van der Waals surface area contributed by atoms with Gasteiger partial charge in [0.1, 0.15) is 0 Å². The van der Waals surface area contributed by atoms with Gasteiger partial charge in [-0.25, -0.2) is 0 Å². The zero-order valence-electron chi connectivity index (χ0n) is 8.61. The summed E-state index contributed by atoms with van der Waals surface area (Å²) in [6.07, 6.45) is 4.15. The fourth-order valence-corrected chi connectivity index (χ4v) is 2.45. The van der Waals surface area contributed by atoms with E-state index in [1.807, 2.05) is 0 Å². The summed E-state index contributed by atoms with van der Waals surface area (Å²) < 4.78 is 5.97. The van der Waals surface area contributed by atoms with Gasteiger partial charge in [-0.1, -0.05) is 20.3 Å². The second kappa shape index (κ2) is 4.94. The Hall–Kier alpha value is 0.177. The molecule has 0 aliphatic carbocycles. The molecule has 68 valence electrons. The Labute approximate surface area is 72.3 Å². The fraction of sp³-hybridized carbons (Fsp3) is 1.00. The smallest absolute Gasteiger partial charge is 0.184 e. The summed E-state index contributed by atoms with van der Waals surface area (Å²) in [6, 6.07) is 0. The second-order valence-corrected chi connectivity index (χ2v) is 8.51. The van der Waals surface area contributed by atoms with E-state index in [4.69, 9.17) is 4.43 Å². The molecule has 11 heavy (non-hydrogen) atoms. The molecule has 0 heterocycles. The molecule has 0 bridgehead atoms. The molecule has 1 unspecified atom stereocenters. The quantitative estimate of drug-likeness (QED) is 0.580. The van der Waals surface area contributed by atoms with Crippen molar-refractivity contribution in [2.24, 2.45) is 0 Å². The van der Waals surface area contributed by atoms with Crippen LogP contribution in [0.2, 0.25) is 19.6 Å². The molecule has 0 aromatic carbocycles. The van der Waals surface area contributed by atoms with Crippen LogP contribution in [0.25, 0.3) is 0 Å². The van der Waals surface area contributed by atoms with Gasteiger partial charge >= 0.3 is 0 Å². The van der Waals surface area contributed by atoms with E-state index in [1.54, 1.807) is 0 Å². The topological polar surface area (TPSA) is 9.23 Å². The van der Waals surface area contributed by atoms with E-state index in [2.05, 4.69) is 33.5 Å². The van der Waals surface area contributed by atoms with Crippen LogP contribution in [0.5, 0.6) is 0 Å². The average Bonchev–Trinajstić information content (AvgIpc) is 1.84. The maximum atomic E-state index is 5.97. The maximum Gasteiger partial charge on any atom is 0.184 e. The lowest BCUT2D eigenvalue weighted by atomic mass is 10.2. The molecule has 0 N–H and O–H groups in total. The molecule has 0 radical (unpaired) electrons. The van der Waals surface area contributed by atoms with Gasteiger partial charge < -0.3 is 4.43 Å². The van der Waals surface area contributed by atoms with Crippen LogP contribution in [-0.4, -0.2) is 14.4 Å². The molecule has 0 amide bonds. The third-order valence-corrected chi connectivity index (χ3v) is 2.63. The minimum atomic E-state index is -1.28. The van der Waals surface area contributed by atoms with E-state index in [0.29, 0.717) is 6.10 Å². The molecular formula is C9H22OSi. The van der Waals surface area contributed by atoms with Gasteiger partial charge in [0.15, 0.2) is 8.32 Å². The van der Waals surface area contributed by atoms with Crippen molar-refractivity contribution in [1.82, 2.24) is 0 Å². The molecule has 0 fully saturated rings. The van der Waals surface area contributed by atoms with Gasteiger partial charge in [-0.15, -0.1) is 0 Å². The van der Waals surface area contributed by atoms with Crippen molar-refractivity contribution in [3.63, 3.8) is 0 Å². The first-order chi connectivity index (χ1) is 4.99. The number of rotatable bonds is 5. The highest BCUT2D eigenvalue weighted by Crippen LogP contribution is 2.13. The van der Waals surface area contributed by atoms with Crippen LogP contribution < -0.4 is 0 Å². The van der Waals surface area contributed by atoms with Crippen LogP contribution in [-0.2, 0) is 4.43 Å². The van der Waals surface area contributed by atoms with Crippen molar-refractivity contribution in [2.75, 3.05) is 0 Å². The molecule has 0 saturated heterocycles. The summed E-state index contributed by atoms with van der Waals surface area (Å²) in [5, 5.41) is 0. The first kappa shape index (κ1) is 11.2. The summed E-state index contributed by atoms with van der Waals surface area (Å²) >= 11 is 0. The standard InChI is InChI=1S/C9H22OSi/c1-6-8-9(7-2)10-11(3,4)5/h9H,6-8H2,1-5H3. The van der Waals surface area contributed by atoms with Crippen molar-refractivity contribution in [2.45, 2.75) is 58.9 Å². The van der Waals surface area contributed by atoms with Crippen LogP contribution >= 0.6 is 0 Å². The van der Waals surface area contributed by atoms with Crippen molar-refractivity contribution < 1.29 is 4.43 Å². The van der Waals surface area contributed by atoms with E-state index < -0.39 is 8.32 Å². The van der Waals surface area contributed by atoms with E-state index in [0.717, 1.165) is 6.42 Å². The van der Waals surface area contributed by atoms with Gasteiger partial charge in [-0.3, -0.25) is 0 Å². The minimum Gasteiger partial charge on any atom is -0.415 e. The predicted molar refractivity (Wildman–Crippen MR) is 53.4 cm³/mol. The predicted octanol–water partition coefficient (Wildman–Crippen LogP) is 3.42.